The fourth-order valence-electron chi connectivity index (χ4n) is 3.67. The molecule has 3 aromatic carbocycles. The van der Waals surface area contributed by atoms with Crippen LogP contribution in [0.25, 0.3) is 6.08 Å². The monoisotopic (exact) mass is 497 g/mol. The molecule has 1 amide bonds. The van der Waals surface area contributed by atoms with Crippen LogP contribution in [-0.2, 0) is 17.8 Å². The van der Waals surface area contributed by atoms with Gasteiger partial charge in [0.05, 0.1) is 16.1 Å². The van der Waals surface area contributed by atoms with Crippen molar-refractivity contribution in [2.75, 3.05) is 0 Å². The fraction of sp³-hybridized carbons (Fsp3) is 0.0769. The van der Waals surface area contributed by atoms with Crippen LogP contribution in [0.1, 0.15) is 16.7 Å². The number of nitrogens with zero attached hydrogens (tertiary/aromatic N) is 4. The highest BCUT2D eigenvalue weighted by Gasteiger charge is 2.35. The van der Waals surface area contributed by atoms with Crippen LogP contribution in [0.4, 0.5) is 5.69 Å². The lowest BCUT2D eigenvalue weighted by Gasteiger charge is -2.20. The van der Waals surface area contributed by atoms with Crippen molar-refractivity contribution in [1.82, 2.24) is 5.01 Å². The van der Waals surface area contributed by atoms with Crippen LogP contribution >= 0.6 is 11.8 Å². The number of amides is 1. The number of aliphatic imine (C=N–C) groups is 1. The Labute approximate surface area is 210 Å². The van der Waals surface area contributed by atoms with E-state index in [-0.39, 0.29) is 23.7 Å². The molecule has 0 spiro atoms. The SMILES string of the molecule is N=C1C(=Cc2ccc(OCc3ccccc3[N+](=O)[O-])cc2)C(=O)N=C2SC(Cc3ccccc3)=NN12. The standard InChI is InChI=1S/C26H19N5O4S/c27-24-21(25(32)28-26-30(24)29-23(36-26)15-17-6-2-1-3-7-17)14-18-10-12-20(13-11-18)35-16-19-8-4-5-9-22(19)31(33)34/h1-14,27H,15-16H2. The second-order valence-electron chi connectivity index (χ2n) is 7.92. The first-order valence-electron chi connectivity index (χ1n) is 11.0. The van der Waals surface area contributed by atoms with Gasteiger partial charge in [-0.05, 0) is 47.2 Å². The van der Waals surface area contributed by atoms with E-state index in [1.54, 1.807) is 48.5 Å². The topological polar surface area (TPSA) is 121 Å². The summed E-state index contributed by atoms with van der Waals surface area (Å²) in [5, 5.41) is 26.7. The van der Waals surface area contributed by atoms with Gasteiger partial charge in [0.1, 0.15) is 17.4 Å². The molecule has 0 bridgehead atoms. The van der Waals surface area contributed by atoms with E-state index in [0.717, 1.165) is 10.6 Å². The van der Waals surface area contributed by atoms with Crippen molar-refractivity contribution in [1.29, 1.82) is 5.41 Å². The molecule has 0 radical (unpaired) electrons. The smallest absolute Gasteiger partial charge is 0.283 e. The van der Waals surface area contributed by atoms with Gasteiger partial charge in [-0.15, -0.1) is 0 Å². The molecule has 2 aliphatic rings. The van der Waals surface area contributed by atoms with Crippen LogP contribution < -0.4 is 4.74 Å². The summed E-state index contributed by atoms with van der Waals surface area (Å²) in [7, 11) is 0. The number of hydrogen-bond acceptors (Lipinski definition) is 7. The Balaban J connectivity index is 1.28. The minimum Gasteiger partial charge on any atom is -0.489 e. The summed E-state index contributed by atoms with van der Waals surface area (Å²) in [4.78, 5) is 27.5. The normalized spacial score (nSPS) is 16.0. The third kappa shape index (κ3) is 4.93. The highest BCUT2D eigenvalue weighted by atomic mass is 32.2. The van der Waals surface area contributed by atoms with E-state index in [9.17, 15) is 14.9 Å². The van der Waals surface area contributed by atoms with Crippen molar-refractivity contribution in [2.45, 2.75) is 13.0 Å². The van der Waals surface area contributed by atoms with E-state index in [4.69, 9.17) is 10.1 Å². The Morgan fingerprint density at radius 2 is 1.75 bits per heavy atom. The molecule has 0 saturated carbocycles. The van der Waals surface area contributed by atoms with Crippen LogP contribution in [0, 0.1) is 15.5 Å². The molecule has 1 N–H and O–H groups in total. The van der Waals surface area contributed by atoms with Gasteiger partial charge < -0.3 is 4.74 Å². The molecule has 0 aromatic heterocycles. The van der Waals surface area contributed by atoms with E-state index in [0.29, 0.717) is 28.5 Å². The first kappa shape index (κ1) is 23.2. The highest BCUT2D eigenvalue weighted by Crippen LogP contribution is 2.30. The number of para-hydroxylation sites is 1. The number of amidine groups is 2. The number of carbonyl (C=O) groups is 1. The fourth-order valence-corrected chi connectivity index (χ4v) is 4.59. The Bertz CT molecular complexity index is 1450. The lowest BCUT2D eigenvalue weighted by atomic mass is 10.1. The third-order valence-electron chi connectivity index (χ3n) is 5.47. The molecule has 0 aliphatic carbocycles. The maximum Gasteiger partial charge on any atom is 0.283 e. The molecular weight excluding hydrogens is 478 g/mol. The molecule has 3 aromatic rings. The predicted octanol–water partition coefficient (Wildman–Crippen LogP) is 5.04. The summed E-state index contributed by atoms with van der Waals surface area (Å²) in [5.41, 5.74) is 2.38. The second-order valence-corrected chi connectivity index (χ2v) is 8.96. The Morgan fingerprint density at radius 3 is 2.50 bits per heavy atom. The molecule has 178 valence electrons. The molecule has 5 rings (SSSR count). The number of nitrogens with one attached hydrogen (secondary N) is 1. The number of hydrogen-bond donors (Lipinski definition) is 1. The van der Waals surface area contributed by atoms with E-state index < -0.39 is 10.8 Å². The largest absolute Gasteiger partial charge is 0.489 e. The molecule has 10 heteroatoms. The van der Waals surface area contributed by atoms with Gasteiger partial charge in [-0.3, -0.25) is 20.3 Å². The zero-order valence-corrected chi connectivity index (χ0v) is 19.6. The summed E-state index contributed by atoms with van der Waals surface area (Å²) in [6.45, 7) is 0.0498. The molecule has 0 atom stereocenters. The van der Waals surface area contributed by atoms with Crippen molar-refractivity contribution in [3.8, 4) is 5.75 Å². The number of nitro groups is 1. The van der Waals surface area contributed by atoms with E-state index in [1.807, 2.05) is 30.3 Å². The minimum absolute atomic E-state index is 0.00256. The van der Waals surface area contributed by atoms with Crippen LogP contribution in [0.3, 0.4) is 0 Å². The zero-order valence-electron chi connectivity index (χ0n) is 18.8. The first-order valence-corrected chi connectivity index (χ1v) is 11.8. The molecule has 0 saturated heterocycles. The summed E-state index contributed by atoms with van der Waals surface area (Å²) in [5.74, 6) is -0.00403. The lowest BCUT2D eigenvalue weighted by Crippen LogP contribution is -2.35. The number of hydrazone groups is 1. The first-order chi connectivity index (χ1) is 17.5. The van der Waals surface area contributed by atoms with E-state index in [1.165, 1.54) is 22.8 Å². The van der Waals surface area contributed by atoms with Crippen LogP contribution in [0.5, 0.6) is 5.75 Å². The Hall–Kier alpha value is -4.57. The van der Waals surface area contributed by atoms with Gasteiger partial charge in [-0.1, -0.05) is 54.6 Å². The van der Waals surface area contributed by atoms with Gasteiger partial charge >= 0.3 is 0 Å². The van der Waals surface area contributed by atoms with E-state index in [2.05, 4.69) is 10.1 Å². The van der Waals surface area contributed by atoms with Crippen LogP contribution in [0.15, 0.2) is 94.5 Å². The maximum atomic E-state index is 12.7. The van der Waals surface area contributed by atoms with Gasteiger partial charge in [0.2, 0.25) is 5.17 Å². The summed E-state index contributed by atoms with van der Waals surface area (Å²) < 4.78 is 5.70. The number of fused-ring (bicyclic) bond motifs is 1. The number of thioether (sulfide) groups is 1. The van der Waals surface area contributed by atoms with Crippen molar-refractivity contribution >= 4 is 45.5 Å². The van der Waals surface area contributed by atoms with Gasteiger partial charge in [0.15, 0.2) is 5.84 Å². The average molecular weight is 498 g/mol. The number of nitro benzene ring substituents is 1. The predicted molar refractivity (Wildman–Crippen MR) is 139 cm³/mol. The number of benzene rings is 3. The molecule has 2 heterocycles. The maximum absolute atomic E-state index is 12.7. The minimum atomic E-state index is -0.494. The van der Waals surface area contributed by atoms with Crippen LogP contribution in [0.2, 0.25) is 0 Å². The molecule has 36 heavy (non-hydrogen) atoms. The van der Waals surface area contributed by atoms with Crippen molar-refractivity contribution in [3.63, 3.8) is 0 Å². The quantitative estimate of drug-likeness (QED) is 0.277. The number of carbonyl (C=O) groups excluding carboxylic acids is 1. The van der Waals surface area contributed by atoms with E-state index >= 15 is 0 Å². The van der Waals surface area contributed by atoms with Crippen LogP contribution in [-0.4, -0.2) is 31.9 Å². The Kier molecular flexibility index (Phi) is 6.42. The summed E-state index contributed by atoms with van der Waals surface area (Å²) in [6.07, 6.45) is 2.18. The van der Waals surface area contributed by atoms with Crippen molar-refractivity contribution in [3.05, 3.63) is 111 Å². The molecular formula is C26H19N5O4S. The molecule has 0 fully saturated rings. The average Bonchev–Trinajstić information content (AvgIpc) is 3.29. The molecule has 0 unspecified atom stereocenters. The lowest BCUT2D eigenvalue weighted by molar-refractivity contribution is -0.385. The molecule has 9 nitrogen and oxygen atoms in total. The zero-order chi connectivity index (χ0) is 25.1. The van der Waals surface area contributed by atoms with Gasteiger partial charge in [-0.2, -0.15) is 15.1 Å². The number of rotatable bonds is 7. The highest BCUT2D eigenvalue weighted by molar-refractivity contribution is 8.26. The van der Waals surface area contributed by atoms with Gasteiger partial charge in [0, 0.05) is 12.5 Å². The van der Waals surface area contributed by atoms with Crippen molar-refractivity contribution in [2.24, 2.45) is 10.1 Å². The summed E-state index contributed by atoms with van der Waals surface area (Å²) >= 11 is 1.29. The number of ether oxygens (including phenoxy) is 1. The Morgan fingerprint density at radius 1 is 1.03 bits per heavy atom. The summed E-state index contributed by atoms with van der Waals surface area (Å²) in [6, 6.07) is 23.1. The van der Waals surface area contributed by atoms with Gasteiger partial charge in [0.25, 0.3) is 11.6 Å². The second kappa shape index (κ2) is 9.96. The van der Waals surface area contributed by atoms with Gasteiger partial charge in [-0.25, -0.2) is 0 Å². The third-order valence-corrected chi connectivity index (χ3v) is 6.38. The molecule has 2 aliphatic heterocycles. The van der Waals surface area contributed by atoms with Crippen molar-refractivity contribution < 1.29 is 14.5 Å².